The lowest BCUT2D eigenvalue weighted by Gasteiger charge is -2.10. The van der Waals surface area contributed by atoms with Gasteiger partial charge in [0.05, 0.1) is 12.0 Å². The molecule has 0 bridgehead atoms. The number of sulfonamides is 1. The lowest BCUT2D eigenvalue weighted by Crippen LogP contribution is -2.29. The predicted octanol–water partition coefficient (Wildman–Crippen LogP) is 2.87. The van der Waals surface area contributed by atoms with Gasteiger partial charge in [-0.25, -0.2) is 8.42 Å². The highest BCUT2D eigenvalue weighted by atomic mass is 32.2. The Morgan fingerprint density at radius 2 is 1.85 bits per heavy atom. The minimum absolute atomic E-state index is 0.180. The molecule has 1 amide bonds. The second kappa shape index (κ2) is 8.83. The maximum absolute atomic E-state index is 12.2. The summed E-state index contributed by atoms with van der Waals surface area (Å²) in [5, 5.41) is 4.00. The summed E-state index contributed by atoms with van der Waals surface area (Å²) < 4.78 is 32.1. The molecule has 0 radical (unpaired) electrons. The summed E-state index contributed by atoms with van der Waals surface area (Å²) in [7, 11) is -3.63. The fraction of sp³-hybridized carbons (Fsp3) is 0.250. The summed E-state index contributed by atoms with van der Waals surface area (Å²) >= 11 is 0. The molecule has 1 unspecified atom stereocenters. The van der Waals surface area contributed by atoms with E-state index in [-0.39, 0.29) is 5.91 Å². The monoisotopic (exact) mass is 386 g/mol. The average molecular weight is 386 g/mol. The van der Waals surface area contributed by atoms with Gasteiger partial charge in [-0.1, -0.05) is 30.3 Å². The Morgan fingerprint density at radius 1 is 1.11 bits per heavy atom. The van der Waals surface area contributed by atoms with E-state index in [2.05, 4.69) is 10.0 Å². The smallest absolute Gasteiger partial charge is 0.255 e. The molecule has 2 aromatic carbocycles. The average Bonchev–Trinajstić information content (AvgIpc) is 3.19. The van der Waals surface area contributed by atoms with E-state index < -0.39 is 10.0 Å². The number of hydrogen-bond acceptors (Lipinski definition) is 4. The van der Waals surface area contributed by atoms with Crippen molar-refractivity contribution in [2.45, 2.75) is 6.42 Å². The minimum atomic E-state index is -3.63. The van der Waals surface area contributed by atoms with Crippen LogP contribution in [-0.4, -0.2) is 34.1 Å². The molecule has 3 rings (SSSR count). The van der Waals surface area contributed by atoms with Crippen LogP contribution in [0, 0.1) is 5.92 Å². The Labute approximate surface area is 159 Å². The Balaban J connectivity index is 1.56. The van der Waals surface area contributed by atoms with Crippen LogP contribution in [0.4, 0.5) is 5.69 Å². The molecule has 0 aliphatic carbocycles. The molecule has 0 aromatic heterocycles. The highest BCUT2D eigenvalue weighted by Crippen LogP contribution is 2.14. The number of benzene rings is 2. The fourth-order valence-corrected chi connectivity index (χ4v) is 3.57. The largest absolute Gasteiger partial charge is 0.381 e. The summed E-state index contributed by atoms with van der Waals surface area (Å²) in [4.78, 5) is 12.2. The van der Waals surface area contributed by atoms with E-state index in [1.807, 2.05) is 30.3 Å². The summed E-state index contributed by atoms with van der Waals surface area (Å²) in [5.41, 5.74) is 1.67. The van der Waals surface area contributed by atoms with Gasteiger partial charge < -0.3 is 10.1 Å². The maximum atomic E-state index is 12.2. The zero-order chi connectivity index (χ0) is 19.1. The highest BCUT2D eigenvalue weighted by molar-refractivity contribution is 7.95. The van der Waals surface area contributed by atoms with Crippen molar-refractivity contribution < 1.29 is 17.9 Å². The van der Waals surface area contributed by atoms with Gasteiger partial charge >= 0.3 is 0 Å². The van der Waals surface area contributed by atoms with Gasteiger partial charge in [-0.3, -0.25) is 9.52 Å². The van der Waals surface area contributed by atoms with Gasteiger partial charge in [0.25, 0.3) is 15.9 Å². The second-order valence-electron chi connectivity index (χ2n) is 6.38. The Kier molecular flexibility index (Phi) is 6.26. The van der Waals surface area contributed by atoms with E-state index in [1.54, 1.807) is 24.3 Å². The molecule has 1 aliphatic heterocycles. The van der Waals surface area contributed by atoms with Crippen LogP contribution < -0.4 is 10.0 Å². The first-order chi connectivity index (χ1) is 13.0. The molecule has 0 saturated carbocycles. The zero-order valence-corrected chi connectivity index (χ0v) is 15.6. The van der Waals surface area contributed by atoms with Crippen molar-refractivity contribution in [1.82, 2.24) is 5.32 Å². The number of hydrogen-bond donors (Lipinski definition) is 2. The van der Waals surface area contributed by atoms with Crippen LogP contribution in [0.1, 0.15) is 22.3 Å². The Morgan fingerprint density at radius 3 is 2.52 bits per heavy atom. The summed E-state index contributed by atoms with van der Waals surface area (Å²) in [5.74, 6) is 0.178. The van der Waals surface area contributed by atoms with E-state index in [1.165, 1.54) is 6.08 Å². The van der Waals surface area contributed by atoms with Crippen molar-refractivity contribution in [3.8, 4) is 0 Å². The topological polar surface area (TPSA) is 84.5 Å². The van der Waals surface area contributed by atoms with E-state index in [0.29, 0.717) is 30.3 Å². The number of anilines is 1. The Hall–Kier alpha value is -2.64. The summed E-state index contributed by atoms with van der Waals surface area (Å²) in [6.45, 7) is 2.00. The number of nitrogens with one attached hydrogen (secondary N) is 2. The van der Waals surface area contributed by atoms with E-state index in [9.17, 15) is 13.2 Å². The van der Waals surface area contributed by atoms with E-state index in [4.69, 9.17) is 4.74 Å². The molecule has 27 heavy (non-hydrogen) atoms. The molecular formula is C20H22N2O4S. The van der Waals surface area contributed by atoms with Crippen LogP contribution in [-0.2, 0) is 14.8 Å². The lowest BCUT2D eigenvalue weighted by molar-refractivity contribution is 0.0945. The molecule has 1 aliphatic rings. The number of ether oxygens (including phenoxy) is 1. The van der Waals surface area contributed by atoms with Gasteiger partial charge in [-0.2, -0.15) is 0 Å². The molecule has 142 valence electrons. The Bertz CT molecular complexity index is 887. The molecule has 2 N–H and O–H groups in total. The molecule has 1 saturated heterocycles. The quantitative estimate of drug-likeness (QED) is 0.766. The SMILES string of the molecule is O=C(NCC1CCOC1)c1ccc(NS(=O)(=O)C=Cc2ccccc2)cc1. The van der Waals surface area contributed by atoms with Crippen molar-refractivity contribution in [2.75, 3.05) is 24.5 Å². The molecule has 6 nitrogen and oxygen atoms in total. The van der Waals surface area contributed by atoms with Crippen LogP contribution in [0.2, 0.25) is 0 Å². The fourth-order valence-electron chi connectivity index (χ4n) is 2.70. The summed E-state index contributed by atoms with van der Waals surface area (Å²) in [6.07, 6.45) is 2.48. The molecule has 1 atom stereocenters. The maximum Gasteiger partial charge on any atom is 0.255 e. The minimum Gasteiger partial charge on any atom is -0.381 e. The molecule has 0 spiro atoms. The van der Waals surface area contributed by atoms with Gasteiger partial charge in [-0.15, -0.1) is 0 Å². The molecule has 7 heteroatoms. The van der Waals surface area contributed by atoms with Crippen molar-refractivity contribution in [1.29, 1.82) is 0 Å². The van der Waals surface area contributed by atoms with Crippen molar-refractivity contribution in [3.63, 3.8) is 0 Å². The van der Waals surface area contributed by atoms with Crippen LogP contribution in [0.15, 0.2) is 60.0 Å². The van der Waals surface area contributed by atoms with Gasteiger partial charge in [-0.05, 0) is 42.3 Å². The third-order valence-corrected chi connectivity index (χ3v) is 5.24. The number of rotatable bonds is 7. The second-order valence-corrected chi connectivity index (χ2v) is 7.94. The van der Waals surface area contributed by atoms with E-state index in [0.717, 1.165) is 24.0 Å². The van der Waals surface area contributed by atoms with Crippen molar-refractivity contribution >= 4 is 27.7 Å². The van der Waals surface area contributed by atoms with Gasteiger partial charge in [0.2, 0.25) is 0 Å². The first kappa shape index (κ1) is 19.1. The third-order valence-electron chi connectivity index (χ3n) is 4.22. The van der Waals surface area contributed by atoms with Crippen molar-refractivity contribution in [3.05, 3.63) is 71.1 Å². The highest BCUT2D eigenvalue weighted by Gasteiger charge is 2.16. The predicted molar refractivity (Wildman–Crippen MR) is 106 cm³/mol. The molecular weight excluding hydrogens is 364 g/mol. The molecule has 2 aromatic rings. The van der Waals surface area contributed by atoms with Gasteiger partial charge in [0.15, 0.2) is 0 Å². The zero-order valence-electron chi connectivity index (χ0n) is 14.8. The third kappa shape index (κ3) is 5.94. The lowest BCUT2D eigenvalue weighted by atomic mass is 10.1. The van der Waals surface area contributed by atoms with Crippen LogP contribution in [0.3, 0.4) is 0 Å². The van der Waals surface area contributed by atoms with E-state index >= 15 is 0 Å². The first-order valence-electron chi connectivity index (χ1n) is 8.74. The normalized spacial score (nSPS) is 17.1. The van der Waals surface area contributed by atoms with Crippen LogP contribution in [0.5, 0.6) is 0 Å². The van der Waals surface area contributed by atoms with Crippen LogP contribution in [0.25, 0.3) is 6.08 Å². The number of carbonyl (C=O) groups excluding carboxylic acids is 1. The molecule has 1 fully saturated rings. The van der Waals surface area contributed by atoms with Crippen LogP contribution >= 0.6 is 0 Å². The summed E-state index contributed by atoms with van der Waals surface area (Å²) in [6, 6.07) is 15.5. The number of amides is 1. The van der Waals surface area contributed by atoms with Crippen molar-refractivity contribution in [2.24, 2.45) is 5.92 Å². The number of carbonyl (C=O) groups is 1. The molecule has 1 heterocycles. The first-order valence-corrected chi connectivity index (χ1v) is 10.3. The van der Waals surface area contributed by atoms with Gasteiger partial charge in [0.1, 0.15) is 0 Å². The standard InChI is InChI=1S/C20H22N2O4S/c23-20(21-14-17-10-12-26-15-17)18-6-8-19(9-7-18)22-27(24,25)13-11-16-4-2-1-3-5-16/h1-9,11,13,17,22H,10,12,14-15H2,(H,21,23). The van der Waals surface area contributed by atoms with Gasteiger partial charge in [0, 0.05) is 30.3 Å².